The maximum atomic E-state index is 12.5. The summed E-state index contributed by atoms with van der Waals surface area (Å²) in [6, 6.07) is 10.2. The molecule has 138 valence electrons. The molecule has 2 N–H and O–H groups in total. The first-order chi connectivity index (χ1) is 13.3. The molecule has 0 amide bonds. The molecule has 0 bridgehead atoms. The van der Waals surface area contributed by atoms with Gasteiger partial charge in [0.2, 0.25) is 11.6 Å². The zero-order valence-corrected chi connectivity index (χ0v) is 14.0. The van der Waals surface area contributed by atoms with Gasteiger partial charge >= 0.3 is 11.3 Å². The van der Waals surface area contributed by atoms with Gasteiger partial charge in [0.05, 0.1) is 0 Å². The lowest BCUT2D eigenvalue weighted by Gasteiger charge is -2.03. The van der Waals surface area contributed by atoms with Crippen LogP contribution in [0, 0.1) is 0 Å². The van der Waals surface area contributed by atoms with E-state index in [0.717, 1.165) is 12.1 Å². The van der Waals surface area contributed by atoms with Crippen LogP contribution in [0.3, 0.4) is 0 Å². The van der Waals surface area contributed by atoms with Crippen LogP contribution in [-0.2, 0) is 0 Å². The lowest BCUT2D eigenvalue weighted by Crippen LogP contribution is -2.26. The van der Waals surface area contributed by atoms with Gasteiger partial charge in [-0.05, 0) is 36.4 Å². The third-order valence-electron chi connectivity index (χ3n) is 4.13. The molecule has 2 aromatic carbocycles. The second-order valence-electron chi connectivity index (χ2n) is 6.00. The highest BCUT2D eigenvalue weighted by molar-refractivity contribution is 6.49. The number of ketones is 2. The number of Topliss-reactive ketones (excluding diaryl/α,β-unsaturated/α-hetero) is 2. The van der Waals surface area contributed by atoms with Crippen molar-refractivity contribution in [3.8, 4) is 11.5 Å². The van der Waals surface area contributed by atoms with Crippen molar-refractivity contribution in [2.75, 3.05) is 0 Å². The van der Waals surface area contributed by atoms with Crippen LogP contribution in [-0.4, -0.2) is 21.8 Å². The third kappa shape index (κ3) is 2.82. The number of hydrogen-bond acceptors (Lipinski definition) is 8. The van der Waals surface area contributed by atoms with E-state index in [2.05, 4.69) is 0 Å². The fraction of sp³-hybridized carbons (Fsp3) is 0. The monoisotopic (exact) mass is 378 g/mol. The average Bonchev–Trinajstić information content (AvgIpc) is 2.65. The van der Waals surface area contributed by atoms with Crippen molar-refractivity contribution in [2.24, 2.45) is 0 Å². The van der Waals surface area contributed by atoms with Gasteiger partial charge in [0.25, 0.3) is 0 Å². The maximum Gasteiger partial charge on any atom is 0.347 e. The first-order valence-corrected chi connectivity index (χ1v) is 7.96. The number of benzene rings is 2. The predicted octanol–water partition coefficient (Wildman–Crippen LogP) is 2.38. The molecular formula is C20H10O8. The Morgan fingerprint density at radius 1 is 0.643 bits per heavy atom. The first-order valence-electron chi connectivity index (χ1n) is 7.96. The van der Waals surface area contributed by atoms with Gasteiger partial charge in [0, 0.05) is 22.9 Å². The summed E-state index contributed by atoms with van der Waals surface area (Å²) in [6.45, 7) is 0. The van der Waals surface area contributed by atoms with E-state index in [0.29, 0.717) is 10.8 Å². The van der Waals surface area contributed by atoms with Crippen molar-refractivity contribution in [2.45, 2.75) is 0 Å². The van der Waals surface area contributed by atoms with Crippen molar-refractivity contribution < 1.29 is 28.6 Å². The van der Waals surface area contributed by atoms with Crippen molar-refractivity contribution >= 4 is 33.5 Å². The van der Waals surface area contributed by atoms with E-state index in [-0.39, 0.29) is 22.7 Å². The molecule has 0 fully saturated rings. The van der Waals surface area contributed by atoms with Crippen molar-refractivity contribution in [1.29, 1.82) is 0 Å². The number of fused-ring (bicyclic) bond motifs is 2. The van der Waals surface area contributed by atoms with E-state index in [9.17, 15) is 29.4 Å². The Balaban J connectivity index is 1.81. The molecule has 0 atom stereocenters. The van der Waals surface area contributed by atoms with Gasteiger partial charge < -0.3 is 19.0 Å². The van der Waals surface area contributed by atoms with Crippen LogP contribution < -0.4 is 11.3 Å². The molecule has 0 aliphatic rings. The second kappa shape index (κ2) is 6.20. The molecule has 28 heavy (non-hydrogen) atoms. The quantitative estimate of drug-likeness (QED) is 0.315. The predicted molar refractivity (Wildman–Crippen MR) is 97.0 cm³/mol. The summed E-state index contributed by atoms with van der Waals surface area (Å²) in [6.07, 6.45) is 0. The van der Waals surface area contributed by atoms with Crippen LogP contribution in [0.2, 0.25) is 0 Å². The highest BCUT2D eigenvalue weighted by Gasteiger charge is 2.26. The molecule has 8 heteroatoms. The zero-order valence-electron chi connectivity index (χ0n) is 14.0. The number of carbonyl (C=O) groups excluding carboxylic acids is 2. The van der Waals surface area contributed by atoms with Crippen LogP contribution in [0.4, 0.5) is 0 Å². The minimum Gasteiger partial charge on any atom is -0.508 e. The van der Waals surface area contributed by atoms with E-state index in [1.165, 1.54) is 36.4 Å². The van der Waals surface area contributed by atoms with Crippen molar-refractivity contribution in [3.05, 3.63) is 80.5 Å². The Morgan fingerprint density at radius 3 is 1.43 bits per heavy atom. The van der Waals surface area contributed by atoms with Crippen LogP contribution in [0.15, 0.2) is 67.0 Å². The average molecular weight is 378 g/mol. The van der Waals surface area contributed by atoms with E-state index >= 15 is 0 Å². The number of hydrogen-bond donors (Lipinski definition) is 2. The Bertz CT molecular complexity index is 1300. The fourth-order valence-corrected chi connectivity index (χ4v) is 2.76. The normalized spacial score (nSPS) is 11.0. The van der Waals surface area contributed by atoms with Gasteiger partial charge in [0.15, 0.2) is 0 Å². The van der Waals surface area contributed by atoms with Crippen LogP contribution in [0.25, 0.3) is 21.9 Å². The molecule has 4 rings (SSSR count). The zero-order chi connectivity index (χ0) is 20.0. The second-order valence-corrected chi connectivity index (χ2v) is 6.00. The highest BCUT2D eigenvalue weighted by Crippen LogP contribution is 2.21. The van der Waals surface area contributed by atoms with Crippen molar-refractivity contribution in [1.82, 2.24) is 0 Å². The Morgan fingerprint density at radius 2 is 1.04 bits per heavy atom. The molecule has 4 aromatic rings. The Kier molecular flexibility index (Phi) is 3.82. The molecule has 0 unspecified atom stereocenters. The van der Waals surface area contributed by atoms with E-state index < -0.39 is 33.9 Å². The van der Waals surface area contributed by atoms with E-state index in [1.54, 1.807) is 0 Å². The maximum absolute atomic E-state index is 12.5. The van der Waals surface area contributed by atoms with Crippen molar-refractivity contribution in [3.63, 3.8) is 0 Å². The number of aromatic hydroxyl groups is 2. The van der Waals surface area contributed by atoms with Crippen LogP contribution >= 0.6 is 0 Å². The van der Waals surface area contributed by atoms with Gasteiger partial charge in [-0.1, -0.05) is 0 Å². The Hall–Kier alpha value is -4.20. The largest absolute Gasteiger partial charge is 0.508 e. The molecule has 0 saturated heterocycles. The van der Waals surface area contributed by atoms with Gasteiger partial charge in [-0.3, -0.25) is 9.59 Å². The smallest absolute Gasteiger partial charge is 0.347 e. The minimum absolute atomic E-state index is 0.0408. The minimum atomic E-state index is -1.23. The lowest BCUT2D eigenvalue weighted by atomic mass is 10.0. The summed E-state index contributed by atoms with van der Waals surface area (Å²) in [5.74, 6) is -2.72. The molecule has 0 saturated carbocycles. The molecule has 0 aliphatic carbocycles. The highest BCUT2D eigenvalue weighted by atomic mass is 16.4. The number of phenolic OH excluding ortho intramolecular Hbond substituents is 2. The first kappa shape index (κ1) is 17.2. The third-order valence-corrected chi connectivity index (χ3v) is 4.13. The van der Waals surface area contributed by atoms with Crippen LogP contribution in [0.5, 0.6) is 11.5 Å². The summed E-state index contributed by atoms with van der Waals surface area (Å²) in [7, 11) is 0. The van der Waals surface area contributed by atoms with Crippen LogP contribution in [0.1, 0.15) is 20.7 Å². The fourth-order valence-electron chi connectivity index (χ4n) is 2.76. The number of phenols is 2. The molecule has 0 aliphatic heterocycles. The van der Waals surface area contributed by atoms with Gasteiger partial charge in [-0.25, -0.2) is 9.59 Å². The van der Waals surface area contributed by atoms with Gasteiger partial charge in [0.1, 0.15) is 33.8 Å². The summed E-state index contributed by atoms with van der Waals surface area (Å²) < 4.78 is 9.95. The standard InChI is InChI=1S/C20H10O8/c21-11-3-1-9-5-13(19(25)27-15(9)7-11)17(23)18(24)14-6-10-2-4-12(22)8-16(10)28-20(14)26/h1-8,21-22H. The summed E-state index contributed by atoms with van der Waals surface area (Å²) >= 11 is 0. The molecule has 0 radical (unpaired) electrons. The molecule has 2 heterocycles. The molecule has 0 spiro atoms. The van der Waals surface area contributed by atoms with Gasteiger partial charge in [-0.2, -0.15) is 0 Å². The lowest BCUT2D eigenvalue weighted by molar-refractivity contribution is 0.0812. The number of carbonyl (C=O) groups is 2. The topological polar surface area (TPSA) is 135 Å². The summed E-state index contributed by atoms with van der Waals surface area (Å²) in [5.41, 5.74) is -3.17. The van der Waals surface area contributed by atoms with Gasteiger partial charge in [-0.15, -0.1) is 0 Å². The Labute approximate surface area is 154 Å². The number of rotatable bonds is 3. The van der Waals surface area contributed by atoms with E-state index in [1.807, 2.05) is 0 Å². The summed E-state index contributed by atoms with van der Waals surface area (Å²) in [4.78, 5) is 49.3. The van der Waals surface area contributed by atoms with E-state index in [4.69, 9.17) is 8.83 Å². The molecule has 2 aromatic heterocycles. The molecule has 8 nitrogen and oxygen atoms in total. The molecular weight excluding hydrogens is 368 g/mol. The summed E-state index contributed by atoms with van der Waals surface area (Å²) in [5, 5.41) is 19.5. The SMILES string of the molecule is O=C(C(=O)c1cc2ccc(O)cc2oc1=O)c1cc2ccc(O)cc2oc1=O.